The second-order valence-electron chi connectivity index (χ2n) is 6.95. The van der Waals surface area contributed by atoms with E-state index < -0.39 is 0 Å². The number of anilines is 2. The molecule has 0 atom stereocenters. The standard InChI is InChI=1S/C22H23N5O/c28-22(18-11-13-23-14-12-18)24-19-7-5-17(6-8-19)20-9-10-21(26-25-20)27-15-3-1-2-4-16-27/h5-14H,1-4,15-16H2,(H,24,28). The fourth-order valence-electron chi connectivity index (χ4n) is 3.38. The lowest BCUT2D eigenvalue weighted by atomic mass is 10.1. The summed E-state index contributed by atoms with van der Waals surface area (Å²) >= 11 is 0. The highest BCUT2D eigenvalue weighted by molar-refractivity contribution is 6.04. The van der Waals surface area contributed by atoms with Gasteiger partial charge in [0.15, 0.2) is 5.82 Å². The topological polar surface area (TPSA) is 71.0 Å². The molecule has 1 saturated heterocycles. The average molecular weight is 373 g/mol. The molecule has 0 spiro atoms. The molecule has 0 unspecified atom stereocenters. The van der Waals surface area contributed by atoms with Crippen LogP contribution in [0.5, 0.6) is 0 Å². The zero-order valence-electron chi connectivity index (χ0n) is 15.7. The Bertz CT molecular complexity index is 902. The molecule has 1 amide bonds. The first-order valence-corrected chi connectivity index (χ1v) is 9.70. The number of carbonyl (C=O) groups is 1. The lowest BCUT2D eigenvalue weighted by Gasteiger charge is -2.20. The second kappa shape index (κ2) is 8.61. The number of rotatable bonds is 4. The van der Waals surface area contributed by atoms with Crippen LogP contribution in [0.15, 0.2) is 60.9 Å². The van der Waals surface area contributed by atoms with E-state index in [1.165, 1.54) is 25.7 Å². The molecule has 0 aliphatic carbocycles. The lowest BCUT2D eigenvalue weighted by molar-refractivity contribution is 0.102. The minimum atomic E-state index is -0.156. The van der Waals surface area contributed by atoms with Crippen molar-refractivity contribution in [3.05, 3.63) is 66.5 Å². The molecule has 1 N–H and O–H groups in total. The zero-order chi connectivity index (χ0) is 19.2. The van der Waals surface area contributed by atoms with E-state index in [0.717, 1.165) is 35.9 Å². The molecule has 3 aromatic rings. The quantitative estimate of drug-likeness (QED) is 0.743. The van der Waals surface area contributed by atoms with Gasteiger partial charge in [-0.15, -0.1) is 10.2 Å². The van der Waals surface area contributed by atoms with Crippen LogP contribution < -0.4 is 10.2 Å². The number of nitrogens with zero attached hydrogens (tertiary/aromatic N) is 4. The van der Waals surface area contributed by atoms with Gasteiger partial charge in [0.2, 0.25) is 0 Å². The van der Waals surface area contributed by atoms with Gasteiger partial charge < -0.3 is 10.2 Å². The smallest absolute Gasteiger partial charge is 0.255 e. The largest absolute Gasteiger partial charge is 0.355 e. The number of hydrogen-bond donors (Lipinski definition) is 1. The van der Waals surface area contributed by atoms with Gasteiger partial charge in [0, 0.05) is 42.3 Å². The Morgan fingerprint density at radius 2 is 1.54 bits per heavy atom. The van der Waals surface area contributed by atoms with E-state index >= 15 is 0 Å². The fourth-order valence-corrected chi connectivity index (χ4v) is 3.38. The van der Waals surface area contributed by atoms with Crippen LogP contribution in [0.2, 0.25) is 0 Å². The van der Waals surface area contributed by atoms with Crippen molar-refractivity contribution in [1.29, 1.82) is 0 Å². The molecule has 0 saturated carbocycles. The first kappa shape index (κ1) is 18.1. The van der Waals surface area contributed by atoms with Gasteiger partial charge in [-0.25, -0.2) is 0 Å². The summed E-state index contributed by atoms with van der Waals surface area (Å²) in [7, 11) is 0. The van der Waals surface area contributed by atoms with Crippen LogP contribution in [0, 0.1) is 0 Å². The summed E-state index contributed by atoms with van der Waals surface area (Å²) in [6.45, 7) is 2.11. The molecule has 1 aliphatic rings. The third-order valence-electron chi connectivity index (χ3n) is 4.96. The van der Waals surface area contributed by atoms with Gasteiger partial charge in [0.05, 0.1) is 5.69 Å². The van der Waals surface area contributed by atoms with Gasteiger partial charge in [-0.05, 0) is 49.2 Å². The highest BCUT2D eigenvalue weighted by Gasteiger charge is 2.12. The monoisotopic (exact) mass is 373 g/mol. The number of benzene rings is 1. The van der Waals surface area contributed by atoms with Crippen LogP contribution in [-0.2, 0) is 0 Å². The van der Waals surface area contributed by atoms with Crippen molar-refractivity contribution in [3.63, 3.8) is 0 Å². The van der Waals surface area contributed by atoms with Crippen molar-refractivity contribution < 1.29 is 4.79 Å². The fraction of sp³-hybridized carbons (Fsp3) is 0.273. The Hall–Kier alpha value is -3.28. The molecular weight excluding hydrogens is 350 g/mol. The Balaban J connectivity index is 1.43. The number of pyridine rings is 1. The van der Waals surface area contributed by atoms with Crippen molar-refractivity contribution in [1.82, 2.24) is 15.2 Å². The van der Waals surface area contributed by atoms with Crippen LogP contribution in [-0.4, -0.2) is 34.2 Å². The maximum absolute atomic E-state index is 12.2. The third kappa shape index (κ3) is 4.34. The normalized spacial score (nSPS) is 14.4. The number of carbonyl (C=O) groups excluding carboxylic acids is 1. The van der Waals surface area contributed by atoms with Crippen molar-refractivity contribution in [2.75, 3.05) is 23.3 Å². The van der Waals surface area contributed by atoms with Crippen LogP contribution >= 0.6 is 0 Å². The summed E-state index contributed by atoms with van der Waals surface area (Å²) in [6.07, 6.45) is 8.24. The SMILES string of the molecule is O=C(Nc1ccc(-c2ccc(N3CCCCCC3)nn2)cc1)c1ccncc1. The first-order chi connectivity index (χ1) is 13.8. The van der Waals surface area contributed by atoms with Gasteiger partial charge >= 0.3 is 0 Å². The number of aromatic nitrogens is 3. The highest BCUT2D eigenvalue weighted by atomic mass is 16.1. The molecule has 4 rings (SSSR count). The Labute approximate surface area is 164 Å². The molecule has 0 bridgehead atoms. The Morgan fingerprint density at radius 1 is 0.821 bits per heavy atom. The highest BCUT2D eigenvalue weighted by Crippen LogP contribution is 2.22. The van der Waals surface area contributed by atoms with Gasteiger partial charge in [0.1, 0.15) is 0 Å². The molecule has 1 fully saturated rings. The molecule has 1 aromatic carbocycles. The molecule has 0 radical (unpaired) electrons. The number of hydrogen-bond acceptors (Lipinski definition) is 5. The summed E-state index contributed by atoms with van der Waals surface area (Å²) in [5.41, 5.74) is 3.11. The van der Waals surface area contributed by atoms with E-state index in [4.69, 9.17) is 0 Å². The Morgan fingerprint density at radius 3 is 2.18 bits per heavy atom. The number of amides is 1. The van der Waals surface area contributed by atoms with E-state index in [2.05, 4.69) is 25.4 Å². The molecule has 6 heteroatoms. The van der Waals surface area contributed by atoms with E-state index in [0.29, 0.717) is 5.56 Å². The summed E-state index contributed by atoms with van der Waals surface area (Å²) in [6, 6.07) is 15.1. The lowest BCUT2D eigenvalue weighted by Crippen LogP contribution is -2.25. The van der Waals surface area contributed by atoms with E-state index in [1.54, 1.807) is 24.5 Å². The number of nitrogens with one attached hydrogen (secondary N) is 1. The van der Waals surface area contributed by atoms with Crippen molar-refractivity contribution in [2.45, 2.75) is 25.7 Å². The maximum atomic E-state index is 12.2. The van der Waals surface area contributed by atoms with E-state index in [9.17, 15) is 4.79 Å². The van der Waals surface area contributed by atoms with Crippen LogP contribution in [0.1, 0.15) is 36.0 Å². The molecule has 142 valence electrons. The summed E-state index contributed by atoms with van der Waals surface area (Å²) < 4.78 is 0. The van der Waals surface area contributed by atoms with E-state index in [-0.39, 0.29) is 5.91 Å². The van der Waals surface area contributed by atoms with Crippen LogP contribution in [0.25, 0.3) is 11.3 Å². The molecular formula is C22H23N5O. The Kier molecular flexibility index (Phi) is 5.56. The molecule has 3 heterocycles. The van der Waals surface area contributed by atoms with Gasteiger partial charge in [-0.1, -0.05) is 25.0 Å². The van der Waals surface area contributed by atoms with E-state index in [1.807, 2.05) is 36.4 Å². The average Bonchev–Trinajstić information content (AvgIpc) is 3.05. The minimum Gasteiger partial charge on any atom is -0.355 e. The molecule has 2 aromatic heterocycles. The van der Waals surface area contributed by atoms with Crippen molar-refractivity contribution in [3.8, 4) is 11.3 Å². The zero-order valence-corrected chi connectivity index (χ0v) is 15.7. The second-order valence-corrected chi connectivity index (χ2v) is 6.95. The van der Waals surface area contributed by atoms with Gasteiger partial charge in [-0.3, -0.25) is 9.78 Å². The summed E-state index contributed by atoms with van der Waals surface area (Å²) in [5.74, 6) is 0.795. The maximum Gasteiger partial charge on any atom is 0.255 e. The molecule has 1 aliphatic heterocycles. The minimum absolute atomic E-state index is 0.156. The summed E-state index contributed by atoms with van der Waals surface area (Å²) in [4.78, 5) is 18.5. The molecule has 28 heavy (non-hydrogen) atoms. The van der Waals surface area contributed by atoms with Crippen molar-refractivity contribution >= 4 is 17.4 Å². The first-order valence-electron chi connectivity index (χ1n) is 9.70. The van der Waals surface area contributed by atoms with Crippen molar-refractivity contribution in [2.24, 2.45) is 0 Å². The third-order valence-corrected chi connectivity index (χ3v) is 4.96. The molecule has 6 nitrogen and oxygen atoms in total. The van der Waals surface area contributed by atoms with Crippen LogP contribution in [0.4, 0.5) is 11.5 Å². The summed E-state index contributed by atoms with van der Waals surface area (Å²) in [5, 5.41) is 11.7. The predicted octanol–water partition coefficient (Wildman–Crippen LogP) is 4.17. The van der Waals surface area contributed by atoms with Gasteiger partial charge in [-0.2, -0.15) is 0 Å². The van der Waals surface area contributed by atoms with Crippen LogP contribution in [0.3, 0.4) is 0 Å². The van der Waals surface area contributed by atoms with Gasteiger partial charge in [0.25, 0.3) is 5.91 Å². The predicted molar refractivity (Wildman–Crippen MR) is 110 cm³/mol.